The van der Waals surface area contributed by atoms with E-state index in [2.05, 4.69) is 13.0 Å². The van der Waals surface area contributed by atoms with Crippen LogP contribution in [0.4, 0.5) is 0 Å². The van der Waals surface area contributed by atoms with Gasteiger partial charge in [0.05, 0.1) is 0 Å². The van der Waals surface area contributed by atoms with E-state index in [0.29, 0.717) is 5.75 Å². The predicted molar refractivity (Wildman–Crippen MR) is 68.7 cm³/mol. The van der Waals surface area contributed by atoms with Crippen molar-refractivity contribution in [3.63, 3.8) is 0 Å². The van der Waals surface area contributed by atoms with Crippen molar-refractivity contribution < 1.29 is 5.11 Å². The molecule has 0 bridgehead atoms. The molecule has 0 fully saturated rings. The number of aryl methyl sites for hydroxylation is 1. The van der Waals surface area contributed by atoms with Crippen molar-refractivity contribution in [1.82, 2.24) is 0 Å². The molecule has 0 saturated heterocycles. The van der Waals surface area contributed by atoms with Gasteiger partial charge in [-0.1, -0.05) is 49.4 Å². The van der Waals surface area contributed by atoms with Crippen LogP contribution in [0.15, 0.2) is 48.5 Å². The van der Waals surface area contributed by atoms with Gasteiger partial charge in [0.2, 0.25) is 0 Å². The van der Waals surface area contributed by atoms with E-state index in [-0.39, 0.29) is 51.4 Å². The van der Waals surface area contributed by atoms with Crippen LogP contribution in [0.2, 0.25) is 0 Å². The predicted octanol–water partition coefficient (Wildman–Crippen LogP) is 3.24. The van der Waals surface area contributed by atoms with Gasteiger partial charge in [0.15, 0.2) is 0 Å². The molecule has 0 atom stereocenters. The minimum Gasteiger partial charge on any atom is -0.507 e. The Morgan fingerprint density at radius 2 is 1.62 bits per heavy atom. The third kappa shape index (κ3) is 2.96. The number of hydrogen-bond donors (Lipinski definition) is 1. The molecule has 0 heterocycles. The third-order valence-corrected chi connectivity index (χ3v) is 2.57. The van der Waals surface area contributed by atoms with E-state index in [4.69, 9.17) is 0 Å². The quantitative estimate of drug-likeness (QED) is 0.795. The van der Waals surface area contributed by atoms with Crippen molar-refractivity contribution in [2.24, 2.45) is 0 Å². The molecule has 0 unspecified atom stereocenters. The number of benzene rings is 2. The molecular formula is C14H14KO. The van der Waals surface area contributed by atoms with Crippen LogP contribution in [0.1, 0.15) is 12.5 Å². The Kier molecular flexibility index (Phi) is 5.73. The Morgan fingerprint density at radius 1 is 0.938 bits per heavy atom. The van der Waals surface area contributed by atoms with E-state index >= 15 is 0 Å². The van der Waals surface area contributed by atoms with Crippen LogP contribution in [0.5, 0.6) is 5.75 Å². The van der Waals surface area contributed by atoms with Crippen molar-refractivity contribution in [2.75, 3.05) is 0 Å². The molecule has 0 amide bonds. The second-order valence-corrected chi connectivity index (χ2v) is 3.53. The summed E-state index contributed by atoms with van der Waals surface area (Å²) in [7, 11) is 0. The molecule has 0 aliphatic heterocycles. The molecule has 2 heteroatoms. The van der Waals surface area contributed by atoms with Crippen molar-refractivity contribution in [3.05, 3.63) is 54.1 Å². The largest absolute Gasteiger partial charge is 0.507 e. The van der Waals surface area contributed by atoms with Crippen LogP contribution in [-0.4, -0.2) is 56.5 Å². The number of phenolic OH excluding ortho intramolecular Hbond substituents is 1. The first-order chi connectivity index (χ1) is 7.33. The summed E-state index contributed by atoms with van der Waals surface area (Å²) in [6, 6.07) is 15.7. The maximum absolute atomic E-state index is 9.88. The number of phenols is 1. The number of aromatic hydroxyl groups is 1. The molecule has 0 aliphatic carbocycles. The standard InChI is InChI=1S/C14H14O.K/c1-2-11-9-6-10-13(15)14(11)12-7-4-3-5-8-12;/h3-10,15H,2H2,1H3;. The molecule has 1 radical (unpaired) electrons. The monoisotopic (exact) mass is 237 g/mol. The first kappa shape index (κ1) is 13.9. The minimum atomic E-state index is 0. The zero-order chi connectivity index (χ0) is 10.7. The fraction of sp³-hybridized carbons (Fsp3) is 0.143. The van der Waals surface area contributed by atoms with Gasteiger partial charge in [-0.3, -0.25) is 0 Å². The van der Waals surface area contributed by atoms with Crippen molar-refractivity contribution in [2.45, 2.75) is 13.3 Å². The van der Waals surface area contributed by atoms with Gasteiger partial charge >= 0.3 is 0 Å². The van der Waals surface area contributed by atoms with Gasteiger partial charge < -0.3 is 5.11 Å². The summed E-state index contributed by atoms with van der Waals surface area (Å²) in [5, 5.41) is 9.88. The molecule has 16 heavy (non-hydrogen) atoms. The maximum atomic E-state index is 9.88. The summed E-state index contributed by atoms with van der Waals surface area (Å²) in [5.74, 6) is 0.362. The van der Waals surface area contributed by atoms with Gasteiger partial charge in [-0.05, 0) is 23.6 Å². The Hall–Kier alpha value is -0.124. The molecule has 0 spiro atoms. The van der Waals surface area contributed by atoms with Gasteiger partial charge in [-0.15, -0.1) is 0 Å². The summed E-state index contributed by atoms with van der Waals surface area (Å²) in [6.07, 6.45) is 0.929. The molecule has 2 aromatic carbocycles. The maximum Gasteiger partial charge on any atom is 0.123 e. The van der Waals surface area contributed by atoms with Crippen molar-refractivity contribution >= 4 is 51.4 Å². The van der Waals surface area contributed by atoms with E-state index in [0.717, 1.165) is 17.5 Å². The zero-order valence-corrected chi connectivity index (χ0v) is 12.9. The van der Waals surface area contributed by atoms with E-state index in [1.807, 2.05) is 36.4 Å². The summed E-state index contributed by atoms with van der Waals surface area (Å²) in [6.45, 7) is 2.10. The Balaban J connectivity index is 0.00000128. The van der Waals surface area contributed by atoms with Gasteiger partial charge in [0.25, 0.3) is 0 Å². The fourth-order valence-corrected chi connectivity index (χ4v) is 1.82. The Morgan fingerprint density at radius 3 is 2.25 bits per heavy atom. The van der Waals surface area contributed by atoms with Crippen LogP contribution >= 0.6 is 0 Å². The molecular weight excluding hydrogens is 223 g/mol. The number of rotatable bonds is 2. The number of hydrogen-bond acceptors (Lipinski definition) is 1. The van der Waals surface area contributed by atoms with Gasteiger partial charge in [-0.2, -0.15) is 0 Å². The van der Waals surface area contributed by atoms with Gasteiger partial charge in [0, 0.05) is 56.9 Å². The van der Waals surface area contributed by atoms with Crippen LogP contribution in [0.3, 0.4) is 0 Å². The summed E-state index contributed by atoms with van der Waals surface area (Å²) in [5.41, 5.74) is 3.22. The average Bonchev–Trinajstić information content (AvgIpc) is 2.29. The first-order valence-corrected chi connectivity index (χ1v) is 5.19. The molecule has 0 saturated carbocycles. The summed E-state index contributed by atoms with van der Waals surface area (Å²) >= 11 is 0. The van der Waals surface area contributed by atoms with Crippen LogP contribution in [-0.2, 0) is 6.42 Å². The molecule has 2 aromatic rings. The van der Waals surface area contributed by atoms with Crippen LogP contribution in [0, 0.1) is 0 Å². The van der Waals surface area contributed by atoms with E-state index < -0.39 is 0 Å². The zero-order valence-electron chi connectivity index (χ0n) is 9.77. The normalized spacial score (nSPS) is 9.56. The van der Waals surface area contributed by atoms with Crippen LogP contribution < -0.4 is 0 Å². The second kappa shape index (κ2) is 6.57. The molecule has 1 N–H and O–H groups in total. The minimum absolute atomic E-state index is 0. The Labute approximate surface area is 139 Å². The third-order valence-electron chi connectivity index (χ3n) is 2.57. The fourth-order valence-electron chi connectivity index (χ4n) is 1.82. The van der Waals surface area contributed by atoms with Gasteiger partial charge in [0.1, 0.15) is 5.75 Å². The summed E-state index contributed by atoms with van der Waals surface area (Å²) in [4.78, 5) is 0. The molecule has 1 nitrogen and oxygen atoms in total. The van der Waals surface area contributed by atoms with Crippen LogP contribution in [0.25, 0.3) is 11.1 Å². The van der Waals surface area contributed by atoms with Crippen molar-refractivity contribution in [1.29, 1.82) is 0 Å². The topological polar surface area (TPSA) is 20.2 Å². The van der Waals surface area contributed by atoms with E-state index in [9.17, 15) is 5.11 Å². The van der Waals surface area contributed by atoms with Crippen molar-refractivity contribution in [3.8, 4) is 16.9 Å². The molecule has 77 valence electrons. The Bertz CT molecular complexity index is 452. The second-order valence-electron chi connectivity index (χ2n) is 3.53. The van der Waals surface area contributed by atoms with E-state index in [1.54, 1.807) is 6.07 Å². The average molecular weight is 237 g/mol. The summed E-state index contributed by atoms with van der Waals surface area (Å²) < 4.78 is 0. The molecule has 0 aromatic heterocycles. The molecule has 0 aliphatic rings. The van der Waals surface area contributed by atoms with Gasteiger partial charge in [-0.25, -0.2) is 0 Å². The molecule has 2 rings (SSSR count). The smallest absolute Gasteiger partial charge is 0.123 e. The SMILES string of the molecule is CCc1cccc(O)c1-c1ccccc1.[K]. The first-order valence-electron chi connectivity index (χ1n) is 5.19. The van der Waals surface area contributed by atoms with E-state index in [1.165, 1.54) is 5.56 Å².